The largest absolute Gasteiger partial charge is 0.479 e. The number of aliphatic hydroxyl groups is 2. The quantitative estimate of drug-likeness (QED) is 0.0228. The molecule has 1 heterocycles. The molecular weight excluding hydrogens is 1070 g/mol. The topological polar surface area (TPSA) is 175 Å². The number of aliphatic carboxylic acids is 1. The van der Waals surface area contributed by atoms with Crippen molar-refractivity contribution in [2.75, 3.05) is 13.2 Å². The van der Waals surface area contributed by atoms with Gasteiger partial charge in [-0.3, -0.25) is 14.4 Å². The Labute approximate surface area is 518 Å². The van der Waals surface area contributed by atoms with Gasteiger partial charge in [-0.2, -0.15) is 0 Å². The van der Waals surface area contributed by atoms with E-state index in [1.807, 2.05) is 0 Å². The van der Waals surface area contributed by atoms with Gasteiger partial charge in [0.1, 0.15) is 18.8 Å². The van der Waals surface area contributed by atoms with Crippen molar-refractivity contribution in [3.05, 3.63) is 72.9 Å². The van der Waals surface area contributed by atoms with E-state index in [4.69, 9.17) is 23.7 Å². The Bertz CT molecular complexity index is 1750. The van der Waals surface area contributed by atoms with Crippen LogP contribution >= 0.6 is 0 Å². The number of hydrogen-bond acceptors (Lipinski definition) is 11. The molecule has 1 fully saturated rings. The molecule has 490 valence electrons. The molecule has 85 heavy (non-hydrogen) atoms. The summed E-state index contributed by atoms with van der Waals surface area (Å²) in [7, 11) is 0. The molecule has 0 spiro atoms. The number of carbonyl (C=O) groups is 4. The van der Waals surface area contributed by atoms with Crippen LogP contribution in [0.3, 0.4) is 0 Å². The van der Waals surface area contributed by atoms with Crippen molar-refractivity contribution in [3.63, 3.8) is 0 Å². The van der Waals surface area contributed by atoms with Crippen LogP contribution in [0.15, 0.2) is 72.9 Å². The molecular formula is C73H126O12. The van der Waals surface area contributed by atoms with Crippen molar-refractivity contribution in [1.29, 1.82) is 0 Å². The van der Waals surface area contributed by atoms with Crippen molar-refractivity contribution in [3.8, 4) is 0 Å². The fourth-order valence-electron chi connectivity index (χ4n) is 10.5. The maximum Gasteiger partial charge on any atom is 0.335 e. The van der Waals surface area contributed by atoms with E-state index in [0.29, 0.717) is 19.3 Å². The van der Waals surface area contributed by atoms with Crippen LogP contribution in [-0.2, 0) is 42.9 Å². The van der Waals surface area contributed by atoms with E-state index in [-0.39, 0.29) is 25.9 Å². The summed E-state index contributed by atoms with van der Waals surface area (Å²) in [4.78, 5) is 51.5. The summed E-state index contributed by atoms with van der Waals surface area (Å²) in [6.45, 7) is 5.89. The fraction of sp³-hybridized carbons (Fsp3) is 0.781. The zero-order chi connectivity index (χ0) is 61.7. The molecule has 0 aromatic rings. The van der Waals surface area contributed by atoms with Crippen LogP contribution in [0.2, 0.25) is 0 Å². The summed E-state index contributed by atoms with van der Waals surface area (Å²) in [5.74, 6) is -3.12. The summed E-state index contributed by atoms with van der Waals surface area (Å²) in [5.41, 5.74) is 0. The number of carbonyl (C=O) groups excluding carboxylic acids is 3. The predicted molar refractivity (Wildman–Crippen MR) is 349 cm³/mol. The predicted octanol–water partition coefficient (Wildman–Crippen LogP) is 19.2. The number of rotatable bonds is 60. The molecule has 1 saturated heterocycles. The fourth-order valence-corrected chi connectivity index (χ4v) is 10.5. The maximum absolute atomic E-state index is 13.2. The van der Waals surface area contributed by atoms with Gasteiger partial charge in [0.25, 0.3) is 0 Å². The van der Waals surface area contributed by atoms with Gasteiger partial charge in [0.05, 0.1) is 6.61 Å². The monoisotopic (exact) mass is 1190 g/mol. The Hall–Kier alpha value is -3.84. The van der Waals surface area contributed by atoms with Crippen LogP contribution in [0, 0.1) is 0 Å². The molecule has 3 N–H and O–H groups in total. The average molecular weight is 1200 g/mol. The molecule has 1 aliphatic heterocycles. The Morgan fingerprint density at radius 1 is 0.400 bits per heavy atom. The Morgan fingerprint density at radius 2 is 0.741 bits per heavy atom. The third-order valence-corrected chi connectivity index (χ3v) is 15.8. The first-order valence-corrected chi connectivity index (χ1v) is 34.9. The molecule has 12 nitrogen and oxygen atoms in total. The zero-order valence-corrected chi connectivity index (χ0v) is 54.3. The first-order valence-electron chi connectivity index (χ1n) is 34.9. The van der Waals surface area contributed by atoms with Crippen molar-refractivity contribution >= 4 is 23.9 Å². The van der Waals surface area contributed by atoms with Crippen LogP contribution < -0.4 is 0 Å². The summed E-state index contributed by atoms with van der Waals surface area (Å²) in [6.07, 6.45) is 65.6. The van der Waals surface area contributed by atoms with Gasteiger partial charge in [0.15, 0.2) is 24.6 Å². The van der Waals surface area contributed by atoms with Gasteiger partial charge in [-0.25, -0.2) is 4.79 Å². The molecule has 0 aromatic heterocycles. The molecule has 12 heteroatoms. The number of esters is 3. The van der Waals surface area contributed by atoms with Crippen LogP contribution in [0.4, 0.5) is 0 Å². The highest BCUT2D eigenvalue weighted by molar-refractivity contribution is 5.74. The van der Waals surface area contributed by atoms with Crippen molar-refractivity contribution in [1.82, 2.24) is 0 Å². The highest BCUT2D eigenvalue weighted by Gasteiger charge is 2.50. The highest BCUT2D eigenvalue weighted by Crippen LogP contribution is 2.27. The number of carboxylic acid groups (broad SMARTS) is 1. The molecule has 0 amide bonds. The second-order valence-corrected chi connectivity index (χ2v) is 23.8. The summed E-state index contributed by atoms with van der Waals surface area (Å²) in [6, 6.07) is 0. The molecule has 6 unspecified atom stereocenters. The summed E-state index contributed by atoms with van der Waals surface area (Å²) < 4.78 is 28.6. The van der Waals surface area contributed by atoms with Gasteiger partial charge in [0.2, 0.25) is 0 Å². The minimum atomic E-state index is -1.91. The van der Waals surface area contributed by atoms with E-state index >= 15 is 0 Å². The van der Waals surface area contributed by atoms with E-state index in [1.54, 1.807) is 0 Å². The van der Waals surface area contributed by atoms with Crippen LogP contribution in [0.1, 0.15) is 316 Å². The lowest BCUT2D eigenvalue weighted by Gasteiger charge is -2.40. The molecule has 0 radical (unpaired) electrons. The van der Waals surface area contributed by atoms with Gasteiger partial charge in [-0.15, -0.1) is 0 Å². The van der Waals surface area contributed by atoms with Crippen molar-refractivity contribution in [2.24, 2.45) is 0 Å². The lowest BCUT2D eigenvalue weighted by Crippen LogP contribution is -2.61. The SMILES string of the molecule is CC/C=C\C/C=C\C/C=C\C/C=C\CCCCCCCCC(=O)OCC(COC1OC(C(=O)O)C(O)C(O)C1OC(=O)CCCCCCCCCCCCCCCCCCCCC)OC(=O)CCCCCCCCC/C=C\C/C=C\CCCCC. The summed E-state index contributed by atoms with van der Waals surface area (Å²) in [5, 5.41) is 31.7. The van der Waals surface area contributed by atoms with Gasteiger partial charge in [0, 0.05) is 19.3 Å². The number of hydrogen-bond donors (Lipinski definition) is 3. The first-order chi connectivity index (χ1) is 41.6. The second kappa shape index (κ2) is 60.4. The lowest BCUT2D eigenvalue weighted by atomic mass is 9.98. The minimum Gasteiger partial charge on any atom is -0.479 e. The van der Waals surface area contributed by atoms with E-state index < -0.39 is 67.3 Å². The minimum absolute atomic E-state index is 0.0608. The Kier molecular flexibility index (Phi) is 56.3. The lowest BCUT2D eigenvalue weighted by molar-refractivity contribution is -0.301. The number of carboxylic acids is 1. The van der Waals surface area contributed by atoms with Crippen molar-refractivity contribution < 1.29 is 58.2 Å². The first kappa shape index (κ1) is 79.2. The molecule has 0 saturated carbocycles. The van der Waals surface area contributed by atoms with Gasteiger partial charge < -0.3 is 39.0 Å². The van der Waals surface area contributed by atoms with Crippen LogP contribution in [-0.4, -0.2) is 89.2 Å². The molecule has 1 aliphatic rings. The number of ether oxygens (including phenoxy) is 5. The molecule has 0 aliphatic carbocycles. The van der Waals surface area contributed by atoms with E-state index in [9.17, 15) is 34.5 Å². The zero-order valence-electron chi connectivity index (χ0n) is 54.3. The standard InChI is InChI=1S/C73H126O12/c1-4-7-10-13-16-19-22-25-28-31-33-36-38-41-44-47-50-53-56-59-65(74)81-62-64(83-66(75)60-57-54-51-48-45-42-39-35-30-27-24-21-18-15-12-9-6-3)63-82-73-71(69(78)68(77)70(85-73)72(79)80)84-67(76)61-58-55-52-49-46-43-40-37-34-32-29-26-23-20-17-14-11-8-5-2/h7,10,16,18-19,21,25,27-28,30,33,36,64,68-71,73,77-78H,4-6,8-9,11-15,17,20,22-24,26,29,31-32,34-35,37-63H2,1-3H3,(H,79,80)/b10-7-,19-16-,21-18-,28-25-,30-27-,36-33-. The molecule has 6 atom stereocenters. The van der Waals surface area contributed by atoms with E-state index in [1.165, 1.54) is 122 Å². The number of unbranched alkanes of at least 4 members (excludes halogenated alkanes) is 34. The van der Waals surface area contributed by atoms with Gasteiger partial charge >= 0.3 is 23.9 Å². The van der Waals surface area contributed by atoms with Gasteiger partial charge in [-0.1, -0.05) is 280 Å². The third-order valence-electron chi connectivity index (χ3n) is 15.8. The molecule has 0 bridgehead atoms. The number of aliphatic hydroxyl groups excluding tert-OH is 2. The normalized spacial score (nSPS) is 17.9. The van der Waals surface area contributed by atoms with E-state index in [2.05, 4.69) is 93.7 Å². The van der Waals surface area contributed by atoms with Gasteiger partial charge in [-0.05, 0) is 89.9 Å². The third kappa shape index (κ3) is 49.8. The maximum atomic E-state index is 13.2. The van der Waals surface area contributed by atoms with E-state index in [0.717, 1.165) is 135 Å². The van der Waals surface area contributed by atoms with Crippen LogP contribution in [0.25, 0.3) is 0 Å². The second-order valence-electron chi connectivity index (χ2n) is 23.8. The Balaban J connectivity index is 2.64. The molecule has 0 aromatic carbocycles. The molecule has 1 rings (SSSR count). The Morgan fingerprint density at radius 3 is 1.15 bits per heavy atom. The summed E-state index contributed by atoms with van der Waals surface area (Å²) >= 11 is 0. The highest BCUT2D eigenvalue weighted by atomic mass is 16.7. The van der Waals surface area contributed by atoms with Crippen LogP contribution in [0.5, 0.6) is 0 Å². The smallest absolute Gasteiger partial charge is 0.335 e. The van der Waals surface area contributed by atoms with Crippen molar-refractivity contribution in [2.45, 2.75) is 353 Å². The average Bonchev–Trinajstić information content (AvgIpc) is 3.51. The number of allylic oxidation sites excluding steroid dienone is 12.